The summed E-state index contributed by atoms with van der Waals surface area (Å²) in [6.07, 6.45) is 3.43. The number of rotatable bonds is 8. The molecule has 0 atom stereocenters. The maximum Gasteiger partial charge on any atom is 0.316 e. The van der Waals surface area contributed by atoms with Gasteiger partial charge in [-0.1, -0.05) is 6.07 Å². The second kappa shape index (κ2) is 9.50. The van der Waals surface area contributed by atoms with Gasteiger partial charge in [-0.25, -0.2) is 0 Å². The number of ether oxygens (including phenoxy) is 3. The molecule has 2 aromatic carbocycles. The Balaban J connectivity index is 1.46. The molecule has 0 saturated carbocycles. The molecule has 1 amide bonds. The largest absolute Gasteiger partial charge is 0.497 e. The van der Waals surface area contributed by atoms with Crippen LogP contribution in [0.4, 0.5) is 5.69 Å². The van der Waals surface area contributed by atoms with Gasteiger partial charge in [0.05, 0.1) is 25.7 Å². The van der Waals surface area contributed by atoms with E-state index in [-0.39, 0.29) is 12.4 Å². The van der Waals surface area contributed by atoms with Crippen LogP contribution in [0.1, 0.15) is 17.5 Å². The van der Waals surface area contributed by atoms with E-state index in [2.05, 4.69) is 17.4 Å². The molecule has 0 fully saturated rings. The molecule has 7 heteroatoms. The Bertz CT molecular complexity index is 868. The number of esters is 1. The van der Waals surface area contributed by atoms with E-state index in [4.69, 9.17) is 14.2 Å². The fourth-order valence-electron chi connectivity index (χ4n) is 3.07. The molecule has 2 aromatic rings. The van der Waals surface area contributed by atoms with E-state index in [0.717, 1.165) is 17.7 Å². The first-order valence-corrected chi connectivity index (χ1v) is 9.99. The lowest BCUT2D eigenvalue weighted by Crippen LogP contribution is -2.22. The van der Waals surface area contributed by atoms with Crippen LogP contribution in [0.3, 0.4) is 0 Å². The lowest BCUT2D eigenvalue weighted by Gasteiger charge is -2.12. The van der Waals surface area contributed by atoms with Crippen molar-refractivity contribution in [2.24, 2.45) is 0 Å². The van der Waals surface area contributed by atoms with Crippen LogP contribution >= 0.6 is 11.8 Å². The van der Waals surface area contributed by atoms with E-state index in [1.165, 1.54) is 43.5 Å². The van der Waals surface area contributed by atoms with E-state index in [1.54, 1.807) is 18.2 Å². The molecule has 1 aliphatic carbocycles. The van der Waals surface area contributed by atoms with E-state index >= 15 is 0 Å². The quantitative estimate of drug-likeness (QED) is 0.539. The number of methoxy groups -OCH3 is 2. The summed E-state index contributed by atoms with van der Waals surface area (Å²) in [5, 5.41) is 2.67. The van der Waals surface area contributed by atoms with Crippen molar-refractivity contribution in [3.8, 4) is 11.5 Å². The summed E-state index contributed by atoms with van der Waals surface area (Å²) in [6, 6.07) is 11.4. The van der Waals surface area contributed by atoms with Crippen molar-refractivity contribution >= 4 is 29.3 Å². The van der Waals surface area contributed by atoms with Crippen molar-refractivity contribution in [3.05, 3.63) is 47.5 Å². The molecule has 148 valence electrons. The van der Waals surface area contributed by atoms with Crippen molar-refractivity contribution in [2.75, 3.05) is 31.9 Å². The molecule has 3 rings (SSSR count). The second-order valence-electron chi connectivity index (χ2n) is 6.35. The van der Waals surface area contributed by atoms with Gasteiger partial charge in [0.2, 0.25) is 0 Å². The summed E-state index contributed by atoms with van der Waals surface area (Å²) in [4.78, 5) is 25.1. The molecule has 0 spiro atoms. The van der Waals surface area contributed by atoms with Crippen molar-refractivity contribution in [1.82, 2.24) is 0 Å². The van der Waals surface area contributed by atoms with Gasteiger partial charge in [0.25, 0.3) is 5.91 Å². The van der Waals surface area contributed by atoms with Gasteiger partial charge in [0.1, 0.15) is 11.5 Å². The van der Waals surface area contributed by atoms with Crippen LogP contribution in [0.5, 0.6) is 11.5 Å². The number of fused-ring (bicyclic) bond motifs is 1. The Morgan fingerprint density at radius 3 is 2.64 bits per heavy atom. The van der Waals surface area contributed by atoms with Crippen LogP contribution in [-0.2, 0) is 27.2 Å². The highest BCUT2D eigenvalue weighted by atomic mass is 32.2. The van der Waals surface area contributed by atoms with Crippen LogP contribution in [0.25, 0.3) is 0 Å². The first-order chi connectivity index (χ1) is 13.6. The number of hydrogen-bond donors (Lipinski definition) is 1. The number of anilines is 1. The molecule has 1 N–H and O–H groups in total. The van der Waals surface area contributed by atoms with E-state index in [9.17, 15) is 9.59 Å². The van der Waals surface area contributed by atoms with Crippen LogP contribution in [0.2, 0.25) is 0 Å². The Hall–Kier alpha value is -2.67. The maximum atomic E-state index is 12.1. The summed E-state index contributed by atoms with van der Waals surface area (Å²) in [7, 11) is 3.04. The second-order valence-corrected chi connectivity index (χ2v) is 7.40. The van der Waals surface area contributed by atoms with E-state index in [1.807, 2.05) is 6.07 Å². The Kier molecular flexibility index (Phi) is 6.81. The minimum absolute atomic E-state index is 0.161. The average Bonchev–Trinajstić information content (AvgIpc) is 3.18. The first kappa shape index (κ1) is 20.1. The summed E-state index contributed by atoms with van der Waals surface area (Å²) in [5.41, 5.74) is 3.22. The van der Waals surface area contributed by atoms with E-state index < -0.39 is 11.9 Å². The molecule has 0 heterocycles. The van der Waals surface area contributed by atoms with Gasteiger partial charge in [-0.2, -0.15) is 0 Å². The monoisotopic (exact) mass is 401 g/mol. The standard InChI is InChI=1S/C21H23NO5S/c1-25-16-7-9-19(26-2)18(11-16)22-20(23)12-27-21(24)13-28-17-8-6-14-4-3-5-15(14)10-17/h6-11H,3-5,12-13H2,1-2H3,(H,22,23). The highest BCUT2D eigenvalue weighted by Gasteiger charge is 2.14. The summed E-state index contributed by atoms with van der Waals surface area (Å²) >= 11 is 1.42. The zero-order valence-electron chi connectivity index (χ0n) is 15.9. The molecular weight excluding hydrogens is 378 g/mol. The van der Waals surface area contributed by atoms with Crippen molar-refractivity contribution in [2.45, 2.75) is 24.2 Å². The van der Waals surface area contributed by atoms with Gasteiger partial charge in [-0.15, -0.1) is 11.8 Å². The molecule has 28 heavy (non-hydrogen) atoms. The Morgan fingerprint density at radius 1 is 1.04 bits per heavy atom. The first-order valence-electron chi connectivity index (χ1n) is 9.01. The third kappa shape index (κ3) is 5.19. The highest BCUT2D eigenvalue weighted by molar-refractivity contribution is 8.00. The fourth-order valence-corrected chi connectivity index (χ4v) is 3.82. The molecule has 1 aliphatic rings. The number of thioether (sulfide) groups is 1. The summed E-state index contributed by atoms with van der Waals surface area (Å²) in [5.74, 6) is 0.362. The molecule has 0 radical (unpaired) electrons. The smallest absolute Gasteiger partial charge is 0.316 e. The van der Waals surface area contributed by atoms with Gasteiger partial charge in [-0.05, 0) is 54.7 Å². The SMILES string of the molecule is COc1ccc(OC)c(NC(=O)COC(=O)CSc2ccc3c(c2)CCC3)c1. The third-order valence-corrected chi connectivity index (χ3v) is 5.44. The zero-order valence-corrected chi connectivity index (χ0v) is 16.8. The van der Waals surface area contributed by atoms with Gasteiger partial charge < -0.3 is 19.5 Å². The predicted molar refractivity (Wildman–Crippen MR) is 108 cm³/mol. The topological polar surface area (TPSA) is 73.9 Å². The minimum Gasteiger partial charge on any atom is -0.497 e. The Labute approximate surface area is 168 Å². The lowest BCUT2D eigenvalue weighted by molar-refractivity contribution is -0.144. The predicted octanol–water partition coefficient (Wildman–Crippen LogP) is 3.47. The molecule has 0 unspecified atom stereocenters. The van der Waals surface area contributed by atoms with E-state index in [0.29, 0.717) is 17.2 Å². The van der Waals surface area contributed by atoms with Crippen molar-refractivity contribution < 1.29 is 23.8 Å². The van der Waals surface area contributed by atoms with Gasteiger partial charge in [-0.3, -0.25) is 9.59 Å². The average molecular weight is 401 g/mol. The van der Waals surface area contributed by atoms with Gasteiger partial charge in [0.15, 0.2) is 6.61 Å². The zero-order chi connectivity index (χ0) is 19.9. The number of carbonyl (C=O) groups is 2. The third-order valence-electron chi connectivity index (χ3n) is 4.47. The van der Waals surface area contributed by atoms with Gasteiger partial charge >= 0.3 is 5.97 Å². The fraction of sp³-hybridized carbons (Fsp3) is 0.333. The van der Waals surface area contributed by atoms with Crippen molar-refractivity contribution in [3.63, 3.8) is 0 Å². The van der Waals surface area contributed by atoms with Crippen LogP contribution < -0.4 is 14.8 Å². The van der Waals surface area contributed by atoms with Gasteiger partial charge in [0, 0.05) is 11.0 Å². The van der Waals surface area contributed by atoms with Crippen LogP contribution in [-0.4, -0.2) is 38.5 Å². The highest BCUT2D eigenvalue weighted by Crippen LogP contribution is 2.29. The molecule has 6 nitrogen and oxygen atoms in total. The normalized spacial score (nSPS) is 12.2. The molecule has 0 aliphatic heterocycles. The number of hydrogen-bond acceptors (Lipinski definition) is 6. The molecular formula is C21H23NO5S. The molecule has 0 bridgehead atoms. The number of carbonyl (C=O) groups excluding carboxylic acids is 2. The van der Waals surface area contributed by atoms with Crippen molar-refractivity contribution in [1.29, 1.82) is 0 Å². The molecule has 0 aromatic heterocycles. The maximum absolute atomic E-state index is 12.1. The molecule has 0 saturated heterocycles. The number of aryl methyl sites for hydroxylation is 2. The number of benzene rings is 2. The number of amides is 1. The van der Waals surface area contributed by atoms with Crippen LogP contribution in [0.15, 0.2) is 41.3 Å². The lowest BCUT2D eigenvalue weighted by atomic mass is 10.1. The Morgan fingerprint density at radius 2 is 1.86 bits per heavy atom. The van der Waals surface area contributed by atoms with Crippen LogP contribution in [0, 0.1) is 0 Å². The summed E-state index contributed by atoms with van der Waals surface area (Å²) in [6.45, 7) is -0.357. The minimum atomic E-state index is -0.442. The number of nitrogens with one attached hydrogen (secondary N) is 1. The summed E-state index contributed by atoms with van der Waals surface area (Å²) < 4.78 is 15.4.